The summed E-state index contributed by atoms with van der Waals surface area (Å²) in [6.07, 6.45) is -0.134. The zero-order valence-corrected chi connectivity index (χ0v) is 18.1. The van der Waals surface area contributed by atoms with Crippen molar-refractivity contribution in [2.24, 2.45) is 0 Å². The molecular formula is C26H25N3O3. The van der Waals surface area contributed by atoms with Crippen LogP contribution >= 0.6 is 0 Å². The summed E-state index contributed by atoms with van der Waals surface area (Å²) in [4.78, 5) is 12.5. The standard InChI is InChI=1S/C26H25N3O3/c1-26(2)31-16-20(32-26)15-27-25(30)19-12-10-18(11-13-19)23-14-24(29-28-23)22-9-5-7-17-6-3-4-8-21(17)22/h3-14,20H,15-16H2,1-2H3,(H,27,30)(H,28,29)/t20-/m1/s1. The highest BCUT2D eigenvalue weighted by molar-refractivity contribution is 5.96. The minimum atomic E-state index is -0.592. The molecule has 1 aliphatic heterocycles. The molecule has 1 aromatic heterocycles. The Morgan fingerprint density at radius 3 is 2.66 bits per heavy atom. The fourth-order valence-corrected chi connectivity index (χ4v) is 4.03. The molecule has 0 radical (unpaired) electrons. The Hall–Kier alpha value is -3.48. The lowest BCUT2D eigenvalue weighted by atomic mass is 10.0. The van der Waals surface area contributed by atoms with Gasteiger partial charge in [0.15, 0.2) is 5.79 Å². The van der Waals surface area contributed by atoms with Crippen LogP contribution in [-0.4, -0.2) is 41.1 Å². The molecule has 4 aromatic rings. The van der Waals surface area contributed by atoms with Gasteiger partial charge >= 0.3 is 0 Å². The molecule has 2 N–H and O–H groups in total. The van der Waals surface area contributed by atoms with Gasteiger partial charge in [0.05, 0.1) is 18.0 Å². The second-order valence-corrected chi connectivity index (χ2v) is 8.43. The number of rotatable bonds is 5. The first-order chi connectivity index (χ1) is 15.5. The van der Waals surface area contributed by atoms with Crippen LogP contribution in [0.4, 0.5) is 0 Å². The van der Waals surface area contributed by atoms with Gasteiger partial charge in [-0.25, -0.2) is 0 Å². The molecule has 1 fully saturated rings. The first-order valence-electron chi connectivity index (χ1n) is 10.7. The summed E-state index contributed by atoms with van der Waals surface area (Å²) >= 11 is 0. The minimum absolute atomic E-state index is 0.134. The van der Waals surface area contributed by atoms with E-state index >= 15 is 0 Å². The highest BCUT2D eigenvalue weighted by Gasteiger charge is 2.32. The van der Waals surface area contributed by atoms with E-state index < -0.39 is 5.79 Å². The molecule has 2 heterocycles. The number of H-pyrrole nitrogens is 1. The number of carbonyl (C=O) groups is 1. The zero-order valence-electron chi connectivity index (χ0n) is 18.1. The van der Waals surface area contributed by atoms with Crippen molar-refractivity contribution in [2.75, 3.05) is 13.2 Å². The Bertz CT molecular complexity index is 1260. The molecule has 6 nitrogen and oxygen atoms in total. The summed E-state index contributed by atoms with van der Waals surface area (Å²) in [5.74, 6) is -0.728. The summed E-state index contributed by atoms with van der Waals surface area (Å²) in [6, 6.07) is 24.0. The van der Waals surface area contributed by atoms with E-state index in [9.17, 15) is 4.79 Å². The van der Waals surface area contributed by atoms with Gasteiger partial charge < -0.3 is 14.8 Å². The van der Waals surface area contributed by atoms with Crippen molar-refractivity contribution in [1.82, 2.24) is 15.5 Å². The summed E-state index contributed by atoms with van der Waals surface area (Å²) in [5, 5.41) is 12.9. The van der Waals surface area contributed by atoms with Gasteiger partial charge in [-0.05, 0) is 42.8 Å². The Labute approximate surface area is 186 Å². The van der Waals surface area contributed by atoms with Gasteiger partial charge in [-0.3, -0.25) is 9.89 Å². The van der Waals surface area contributed by atoms with E-state index in [0.717, 1.165) is 22.5 Å². The largest absolute Gasteiger partial charge is 0.349 e. The number of hydrogen-bond acceptors (Lipinski definition) is 4. The molecule has 1 saturated heterocycles. The molecule has 32 heavy (non-hydrogen) atoms. The van der Waals surface area contributed by atoms with Gasteiger partial charge in [0.2, 0.25) is 0 Å². The van der Waals surface area contributed by atoms with Gasteiger partial charge in [0.1, 0.15) is 6.10 Å². The van der Waals surface area contributed by atoms with E-state index in [-0.39, 0.29) is 12.0 Å². The SMILES string of the molecule is CC1(C)OC[C@@H](CNC(=O)c2ccc(-c3cc(-c4cccc5ccccc45)[nH]n3)cc2)O1. The Balaban J connectivity index is 1.29. The van der Waals surface area contributed by atoms with Gasteiger partial charge in [0.25, 0.3) is 5.91 Å². The number of hydrogen-bond donors (Lipinski definition) is 2. The van der Waals surface area contributed by atoms with E-state index in [2.05, 4.69) is 45.8 Å². The van der Waals surface area contributed by atoms with Crippen LogP contribution in [0.15, 0.2) is 72.8 Å². The predicted octanol–water partition coefficient (Wildman–Crippen LogP) is 4.78. The van der Waals surface area contributed by atoms with Crippen LogP contribution in [-0.2, 0) is 9.47 Å². The topological polar surface area (TPSA) is 76.2 Å². The van der Waals surface area contributed by atoms with Crippen molar-refractivity contribution in [3.63, 3.8) is 0 Å². The zero-order chi connectivity index (χ0) is 22.1. The van der Waals surface area contributed by atoms with Crippen molar-refractivity contribution in [3.8, 4) is 22.5 Å². The van der Waals surface area contributed by atoms with Gasteiger partial charge in [0, 0.05) is 23.2 Å². The normalized spacial score (nSPS) is 17.5. The van der Waals surface area contributed by atoms with E-state index in [4.69, 9.17) is 9.47 Å². The lowest BCUT2D eigenvalue weighted by molar-refractivity contribution is -0.137. The van der Waals surface area contributed by atoms with Crippen molar-refractivity contribution in [3.05, 3.63) is 78.4 Å². The fraction of sp³-hybridized carbons (Fsp3) is 0.231. The molecule has 3 aromatic carbocycles. The maximum Gasteiger partial charge on any atom is 0.251 e. The Morgan fingerprint density at radius 2 is 1.88 bits per heavy atom. The van der Waals surface area contributed by atoms with E-state index in [0.29, 0.717) is 18.7 Å². The van der Waals surface area contributed by atoms with Crippen molar-refractivity contribution < 1.29 is 14.3 Å². The molecule has 0 spiro atoms. The average Bonchev–Trinajstić information content (AvgIpc) is 3.43. The quantitative estimate of drug-likeness (QED) is 0.481. The number of benzene rings is 3. The second kappa shape index (κ2) is 8.22. The van der Waals surface area contributed by atoms with E-state index in [1.54, 1.807) is 0 Å². The highest BCUT2D eigenvalue weighted by Crippen LogP contribution is 2.30. The van der Waals surface area contributed by atoms with Crippen LogP contribution < -0.4 is 5.32 Å². The maximum absolute atomic E-state index is 12.5. The smallest absolute Gasteiger partial charge is 0.251 e. The van der Waals surface area contributed by atoms with Gasteiger partial charge in [-0.1, -0.05) is 54.6 Å². The van der Waals surface area contributed by atoms with Crippen LogP contribution in [0.3, 0.4) is 0 Å². The number of fused-ring (bicyclic) bond motifs is 1. The third kappa shape index (κ3) is 4.15. The van der Waals surface area contributed by atoms with Crippen LogP contribution in [0.2, 0.25) is 0 Å². The minimum Gasteiger partial charge on any atom is -0.349 e. The predicted molar refractivity (Wildman–Crippen MR) is 124 cm³/mol. The molecular weight excluding hydrogens is 402 g/mol. The monoisotopic (exact) mass is 427 g/mol. The maximum atomic E-state index is 12.5. The van der Waals surface area contributed by atoms with Crippen LogP contribution in [0.25, 0.3) is 33.3 Å². The number of nitrogens with one attached hydrogen (secondary N) is 2. The number of aromatic amines is 1. The van der Waals surface area contributed by atoms with E-state index in [1.807, 2.05) is 56.3 Å². The molecule has 5 rings (SSSR count). The first-order valence-corrected chi connectivity index (χ1v) is 10.7. The lowest BCUT2D eigenvalue weighted by Gasteiger charge is -2.17. The van der Waals surface area contributed by atoms with Crippen molar-refractivity contribution in [1.29, 1.82) is 0 Å². The molecule has 162 valence electrons. The Kier molecular flexibility index (Phi) is 5.25. The average molecular weight is 428 g/mol. The number of carbonyl (C=O) groups excluding carboxylic acids is 1. The summed E-state index contributed by atoms with van der Waals surface area (Å²) in [5.41, 5.74) is 4.44. The van der Waals surface area contributed by atoms with Crippen molar-refractivity contribution in [2.45, 2.75) is 25.7 Å². The lowest BCUT2D eigenvalue weighted by Crippen LogP contribution is -2.34. The third-order valence-corrected chi connectivity index (χ3v) is 5.66. The summed E-state index contributed by atoms with van der Waals surface area (Å²) in [7, 11) is 0. The molecule has 0 aliphatic carbocycles. The Morgan fingerprint density at radius 1 is 1.09 bits per heavy atom. The molecule has 0 unspecified atom stereocenters. The summed E-state index contributed by atoms with van der Waals surface area (Å²) < 4.78 is 11.3. The number of aromatic nitrogens is 2. The molecule has 0 bridgehead atoms. The molecule has 6 heteroatoms. The number of ether oxygens (including phenoxy) is 2. The number of nitrogens with zero attached hydrogens (tertiary/aromatic N) is 1. The number of amides is 1. The fourth-order valence-electron chi connectivity index (χ4n) is 4.03. The highest BCUT2D eigenvalue weighted by atomic mass is 16.7. The van der Waals surface area contributed by atoms with Crippen LogP contribution in [0.5, 0.6) is 0 Å². The molecule has 1 amide bonds. The van der Waals surface area contributed by atoms with Crippen molar-refractivity contribution >= 4 is 16.7 Å². The molecule has 0 saturated carbocycles. The third-order valence-electron chi connectivity index (χ3n) is 5.66. The first kappa shape index (κ1) is 20.4. The van der Waals surface area contributed by atoms with Crippen LogP contribution in [0, 0.1) is 0 Å². The second-order valence-electron chi connectivity index (χ2n) is 8.43. The molecule has 1 atom stereocenters. The van der Waals surface area contributed by atoms with E-state index in [1.165, 1.54) is 10.8 Å². The van der Waals surface area contributed by atoms with Gasteiger partial charge in [-0.15, -0.1) is 0 Å². The molecule has 1 aliphatic rings. The van der Waals surface area contributed by atoms with Crippen LogP contribution in [0.1, 0.15) is 24.2 Å². The summed E-state index contributed by atoms with van der Waals surface area (Å²) in [6.45, 7) is 4.63. The van der Waals surface area contributed by atoms with Gasteiger partial charge in [-0.2, -0.15) is 5.10 Å².